The second-order valence-electron chi connectivity index (χ2n) is 8.74. The van der Waals surface area contributed by atoms with Gasteiger partial charge in [-0.25, -0.2) is 13.5 Å². The fraction of sp³-hybridized carbons (Fsp3) is 0.476. The van der Waals surface area contributed by atoms with Gasteiger partial charge in [0.05, 0.1) is 11.7 Å². The summed E-state index contributed by atoms with van der Waals surface area (Å²) in [4.78, 5) is 22.2. The van der Waals surface area contributed by atoms with E-state index in [0.717, 1.165) is 31.5 Å². The second-order valence-corrected chi connectivity index (χ2v) is 8.74. The van der Waals surface area contributed by atoms with Crippen LogP contribution in [0.4, 0.5) is 14.7 Å². The topological polar surface area (TPSA) is 66.8 Å². The summed E-state index contributed by atoms with van der Waals surface area (Å²) in [5.74, 6) is -0.680. The van der Waals surface area contributed by atoms with E-state index in [1.807, 2.05) is 20.8 Å². The normalized spacial score (nSPS) is 16.0. The smallest absolute Gasteiger partial charge is 0.263 e. The Morgan fingerprint density at radius 1 is 1.17 bits per heavy atom. The molecular weight excluding hydrogens is 376 g/mol. The minimum absolute atomic E-state index is 0.190. The molecule has 6 nitrogen and oxygen atoms in total. The monoisotopic (exact) mass is 401 g/mol. The van der Waals surface area contributed by atoms with Crippen LogP contribution in [0, 0.1) is 17.6 Å². The van der Waals surface area contributed by atoms with E-state index in [1.165, 1.54) is 12.1 Å². The van der Waals surface area contributed by atoms with Crippen LogP contribution in [0.3, 0.4) is 0 Å². The van der Waals surface area contributed by atoms with E-state index < -0.39 is 11.6 Å². The third-order valence-corrected chi connectivity index (χ3v) is 5.48. The van der Waals surface area contributed by atoms with Gasteiger partial charge in [-0.05, 0) is 63.6 Å². The van der Waals surface area contributed by atoms with Crippen LogP contribution in [0.2, 0.25) is 0 Å². The van der Waals surface area contributed by atoms with Crippen molar-refractivity contribution in [2.75, 3.05) is 18.0 Å². The van der Waals surface area contributed by atoms with Crippen molar-refractivity contribution in [2.24, 2.45) is 5.92 Å². The number of fused-ring (bicyclic) bond motifs is 1. The Morgan fingerprint density at radius 2 is 1.90 bits per heavy atom. The molecule has 1 aliphatic heterocycles. The van der Waals surface area contributed by atoms with Gasteiger partial charge in [0.1, 0.15) is 5.39 Å². The van der Waals surface area contributed by atoms with Gasteiger partial charge in [0.25, 0.3) is 5.56 Å². The first-order valence-electron chi connectivity index (χ1n) is 9.90. The summed E-state index contributed by atoms with van der Waals surface area (Å²) >= 11 is 0. The molecule has 1 aromatic carbocycles. The van der Waals surface area contributed by atoms with Crippen molar-refractivity contribution >= 4 is 17.0 Å². The van der Waals surface area contributed by atoms with E-state index in [1.54, 1.807) is 16.9 Å². The highest BCUT2D eigenvalue weighted by atomic mass is 19.2. The van der Waals surface area contributed by atoms with Crippen LogP contribution < -0.4 is 10.5 Å². The molecule has 0 aliphatic carbocycles. The molecule has 0 radical (unpaired) electrons. The fourth-order valence-corrected chi connectivity index (χ4v) is 3.90. The van der Waals surface area contributed by atoms with Crippen LogP contribution in [0.5, 0.6) is 0 Å². The average Bonchev–Trinajstić information content (AvgIpc) is 3.10. The fourth-order valence-electron chi connectivity index (χ4n) is 3.90. The first kappa shape index (κ1) is 19.5. The number of aromatic amines is 1. The molecule has 0 bridgehead atoms. The third-order valence-electron chi connectivity index (χ3n) is 5.48. The molecule has 1 saturated heterocycles. The molecule has 4 rings (SSSR count). The molecule has 0 saturated carbocycles. The van der Waals surface area contributed by atoms with Gasteiger partial charge in [0, 0.05) is 13.1 Å². The maximum Gasteiger partial charge on any atom is 0.263 e. The summed E-state index contributed by atoms with van der Waals surface area (Å²) in [5.41, 5.74) is 0.922. The van der Waals surface area contributed by atoms with E-state index >= 15 is 0 Å². The lowest BCUT2D eigenvalue weighted by Crippen LogP contribution is -2.36. The number of piperidine rings is 1. The molecule has 1 fully saturated rings. The molecule has 29 heavy (non-hydrogen) atoms. The Morgan fingerprint density at radius 3 is 2.55 bits per heavy atom. The number of benzene rings is 1. The lowest BCUT2D eigenvalue weighted by atomic mass is 9.90. The summed E-state index contributed by atoms with van der Waals surface area (Å²) < 4.78 is 28.3. The Balaban J connectivity index is 1.50. The quantitative estimate of drug-likeness (QED) is 0.728. The van der Waals surface area contributed by atoms with Gasteiger partial charge >= 0.3 is 0 Å². The molecule has 0 amide bonds. The molecule has 2 aromatic heterocycles. The Hall–Kier alpha value is -2.77. The molecule has 1 aliphatic rings. The van der Waals surface area contributed by atoms with Crippen LogP contribution in [0.1, 0.15) is 39.2 Å². The van der Waals surface area contributed by atoms with Crippen LogP contribution in [-0.4, -0.2) is 32.8 Å². The first-order valence-corrected chi connectivity index (χ1v) is 9.90. The predicted molar refractivity (Wildman–Crippen MR) is 108 cm³/mol. The lowest BCUT2D eigenvalue weighted by Gasteiger charge is -2.32. The molecule has 1 N–H and O–H groups in total. The van der Waals surface area contributed by atoms with E-state index in [9.17, 15) is 13.6 Å². The third kappa shape index (κ3) is 3.88. The van der Waals surface area contributed by atoms with Crippen molar-refractivity contribution in [3.63, 3.8) is 0 Å². The standard InChI is InChI=1S/C21H25F2N5O/c1-21(2,3)28-18-15(12-24-28)19(29)26-20(25-18)27-8-6-13(7-9-27)10-14-4-5-16(22)17(23)11-14/h4-5,11-13H,6-10H2,1-3H3,(H,25,26,29). The Kier molecular flexibility index (Phi) is 4.88. The zero-order valence-corrected chi connectivity index (χ0v) is 16.9. The summed E-state index contributed by atoms with van der Waals surface area (Å²) in [6.45, 7) is 7.54. The number of halogens is 2. The summed E-state index contributed by atoms with van der Waals surface area (Å²) in [7, 11) is 0. The number of hydrogen-bond acceptors (Lipinski definition) is 4. The number of rotatable bonds is 3. The van der Waals surface area contributed by atoms with Crippen LogP contribution >= 0.6 is 0 Å². The summed E-state index contributed by atoms with van der Waals surface area (Å²) in [6, 6.07) is 4.11. The predicted octanol–water partition coefficient (Wildman–Crippen LogP) is 3.61. The highest BCUT2D eigenvalue weighted by Crippen LogP contribution is 2.26. The number of anilines is 1. The second kappa shape index (κ2) is 7.24. The minimum Gasteiger partial charge on any atom is -0.342 e. The van der Waals surface area contributed by atoms with Crippen molar-refractivity contribution in [1.29, 1.82) is 0 Å². The molecule has 8 heteroatoms. The summed E-state index contributed by atoms with van der Waals surface area (Å²) in [6.07, 6.45) is 4.05. The van der Waals surface area contributed by atoms with E-state index in [2.05, 4.69) is 15.0 Å². The van der Waals surface area contributed by atoms with Gasteiger partial charge in [-0.1, -0.05) is 6.07 Å². The van der Waals surface area contributed by atoms with Crippen LogP contribution in [-0.2, 0) is 12.0 Å². The van der Waals surface area contributed by atoms with Gasteiger partial charge in [0.2, 0.25) is 5.95 Å². The SMILES string of the molecule is CC(C)(C)n1ncc2c(=O)[nH]c(N3CCC(Cc4ccc(F)c(F)c4)CC3)nc21. The minimum atomic E-state index is -0.816. The van der Waals surface area contributed by atoms with Crippen molar-refractivity contribution in [3.8, 4) is 0 Å². The van der Waals surface area contributed by atoms with Crippen LogP contribution in [0.25, 0.3) is 11.0 Å². The van der Waals surface area contributed by atoms with E-state index in [0.29, 0.717) is 29.3 Å². The van der Waals surface area contributed by atoms with Gasteiger partial charge in [-0.3, -0.25) is 9.78 Å². The van der Waals surface area contributed by atoms with Crippen molar-refractivity contribution in [1.82, 2.24) is 19.7 Å². The number of H-pyrrole nitrogens is 1. The highest BCUT2D eigenvalue weighted by molar-refractivity contribution is 5.74. The maximum absolute atomic E-state index is 13.4. The maximum atomic E-state index is 13.4. The van der Waals surface area contributed by atoms with Gasteiger partial charge in [-0.2, -0.15) is 10.1 Å². The van der Waals surface area contributed by atoms with E-state index in [-0.39, 0.29) is 11.1 Å². The average molecular weight is 401 g/mol. The molecule has 0 spiro atoms. The molecule has 0 unspecified atom stereocenters. The largest absolute Gasteiger partial charge is 0.342 e. The number of nitrogens with one attached hydrogen (secondary N) is 1. The first-order chi connectivity index (χ1) is 13.7. The molecular formula is C21H25F2N5O. The van der Waals surface area contributed by atoms with Crippen molar-refractivity contribution in [2.45, 2.75) is 45.6 Å². The Bertz CT molecular complexity index is 1090. The van der Waals surface area contributed by atoms with Gasteiger partial charge in [0.15, 0.2) is 17.3 Å². The molecule has 3 aromatic rings. The zero-order valence-electron chi connectivity index (χ0n) is 16.9. The van der Waals surface area contributed by atoms with Crippen molar-refractivity contribution < 1.29 is 8.78 Å². The molecule has 0 atom stereocenters. The number of nitrogens with zero attached hydrogens (tertiary/aromatic N) is 4. The number of hydrogen-bond donors (Lipinski definition) is 1. The summed E-state index contributed by atoms with van der Waals surface area (Å²) in [5, 5.41) is 4.83. The Labute approximate surface area is 167 Å². The zero-order chi connectivity index (χ0) is 20.8. The molecule has 154 valence electrons. The van der Waals surface area contributed by atoms with Gasteiger partial charge in [-0.15, -0.1) is 0 Å². The molecule has 3 heterocycles. The number of aromatic nitrogens is 4. The lowest BCUT2D eigenvalue weighted by molar-refractivity contribution is 0.365. The highest BCUT2D eigenvalue weighted by Gasteiger charge is 2.24. The van der Waals surface area contributed by atoms with E-state index in [4.69, 9.17) is 4.98 Å². The van der Waals surface area contributed by atoms with Crippen molar-refractivity contribution in [3.05, 3.63) is 51.9 Å². The van der Waals surface area contributed by atoms with Crippen LogP contribution in [0.15, 0.2) is 29.2 Å². The van der Waals surface area contributed by atoms with Gasteiger partial charge < -0.3 is 4.90 Å².